The van der Waals surface area contributed by atoms with E-state index in [1.807, 2.05) is 47.5 Å². The van der Waals surface area contributed by atoms with Crippen molar-refractivity contribution in [3.05, 3.63) is 59.6 Å². The van der Waals surface area contributed by atoms with Gasteiger partial charge in [-0.05, 0) is 56.9 Å². The van der Waals surface area contributed by atoms with Gasteiger partial charge in [0.15, 0.2) is 11.5 Å². The Labute approximate surface area is 145 Å². The standard InChI is InChI=1S/C19H20FN5/c1-13-14(2)25-11-15(10-16(20)19(25)22-13)6-3-4-9-24-12-18-17(23-24)7-5-8-21-18/h5,7-8,10-12H,3-4,6,9H2,1-2H3. The summed E-state index contributed by atoms with van der Waals surface area (Å²) in [5.41, 5.74) is 5.11. The minimum Gasteiger partial charge on any atom is -0.301 e. The Morgan fingerprint density at radius 3 is 2.84 bits per heavy atom. The molecule has 0 spiro atoms. The number of aromatic nitrogens is 5. The topological polar surface area (TPSA) is 48.0 Å². The molecule has 0 aromatic carbocycles. The highest BCUT2D eigenvalue weighted by Gasteiger charge is 2.10. The fraction of sp³-hybridized carbons (Fsp3) is 0.316. The van der Waals surface area contributed by atoms with Gasteiger partial charge in [-0.3, -0.25) is 9.67 Å². The van der Waals surface area contributed by atoms with Crippen LogP contribution in [0.15, 0.2) is 36.8 Å². The van der Waals surface area contributed by atoms with Gasteiger partial charge in [0.2, 0.25) is 0 Å². The van der Waals surface area contributed by atoms with Crippen LogP contribution in [0.1, 0.15) is 29.8 Å². The highest BCUT2D eigenvalue weighted by Crippen LogP contribution is 2.18. The maximum atomic E-state index is 14.2. The van der Waals surface area contributed by atoms with Crippen molar-refractivity contribution in [2.45, 2.75) is 39.7 Å². The predicted octanol–water partition coefficient (Wildman–Crippen LogP) is 3.86. The lowest BCUT2D eigenvalue weighted by Gasteiger charge is -2.05. The van der Waals surface area contributed by atoms with Crippen LogP contribution in [0.25, 0.3) is 16.7 Å². The molecule has 0 saturated heterocycles. The lowest BCUT2D eigenvalue weighted by molar-refractivity contribution is 0.560. The summed E-state index contributed by atoms with van der Waals surface area (Å²) in [7, 11) is 0. The van der Waals surface area contributed by atoms with Crippen LogP contribution in [-0.4, -0.2) is 24.1 Å². The van der Waals surface area contributed by atoms with Crippen LogP contribution in [0.5, 0.6) is 0 Å². The minimum absolute atomic E-state index is 0.252. The molecule has 0 amide bonds. The maximum absolute atomic E-state index is 14.2. The first-order chi connectivity index (χ1) is 12.1. The Morgan fingerprint density at radius 1 is 1.12 bits per heavy atom. The van der Waals surface area contributed by atoms with Gasteiger partial charge in [-0.1, -0.05) is 0 Å². The van der Waals surface area contributed by atoms with Crippen LogP contribution >= 0.6 is 0 Å². The summed E-state index contributed by atoms with van der Waals surface area (Å²) in [5, 5.41) is 4.51. The van der Waals surface area contributed by atoms with E-state index in [1.165, 1.54) is 0 Å². The van der Waals surface area contributed by atoms with Crippen LogP contribution in [0.2, 0.25) is 0 Å². The molecule has 0 aliphatic heterocycles. The Hall–Kier alpha value is -2.76. The highest BCUT2D eigenvalue weighted by atomic mass is 19.1. The number of pyridine rings is 2. The zero-order valence-corrected chi connectivity index (χ0v) is 14.4. The number of hydrogen-bond donors (Lipinski definition) is 0. The fourth-order valence-electron chi connectivity index (χ4n) is 3.14. The molecule has 5 nitrogen and oxygen atoms in total. The van der Waals surface area contributed by atoms with E-state index in [4.69, 9.17) is 0 Å². The Bertz CT molecular complexity index is 1010. The average Bonchev–Trinajstić information content (AvgIpc) is 3.14. The van der Waals surface area contributed by atoms with E-state index < -0.39 is 0 Å². The van der Waals surface area contributed by atoms with Gasteiger partial charge in [0.05, 0.1) is 11.9 Å². The largest absolute Gasteiger partial charge is 0.301 e. The van der Waals surface area contributed by atoms with Gasteiger partial charge in [0.1, 0.15) is 11.0 Å². The van der Waals surface area contributed by atoms with E-state index in [0.717, 1.165) is 53.8 Å². The van der Waals surface area contributed by atoms with Crippen molar-refractivity contribution in [3.8, 4) is 0 Å². The van der Waals surface area contributed by atoms with Gasteiger partial charge in [0.25, 0.3) is 0 Å². The van der Waals surface area contributed by atoms with Crippen LogP contribution in [0, 0.1) is 19.7 Å². The second-order valence-corrected chi connectivity index (χ2v) is 6.43. The number of hydrogen-bond acceptors (Lipinski definition) is 3. The minimum atomic E-state index is -0.252. The Balaban J connectivity index is 1.41. The molecule has 25 heavy (non-hydrogen) atoms. The van der Waals surface area contributed by atoms with Crippen molar-refractivity contribution < 1.29 is 4.39 Å². The fourth-order valence-corrected chi connectivity index (χ4v) is 3.14. The van der Waals surface area contributed by atoms with E-state index in [0.29, 0.717) is 5.65 Å². The van der Waals surface area contributed by atoms with E-state index in [2.05, 4.69) is 15.1 Å². The predicted molar refractivity (Wildman–Crippen MR) is 95.1 cm³/mol. The van der Waals surface area contributed by atoms with Crippen molar-refractivity contribution in [1.82, 2.24) is 24.1 Å². The van der Waals surface area contributed by atoms with Gasteiger partial charge in [0, 0.05) is 24.6 Å². The third-order valence-corrected chi connectivity index (χ3v) is 4.63. The molecule has 4 heterocycles. The number of nitrogens with zero attached hydrogens (tertiary/aromatic N) is 5. The SMILES string of the molecule is Cc1nc2c(F)cc(CCCCn3cc4ncccc4n3)cn2c1C. The first kappa shape index (κ1) is 15.7. The normalized spacial score (nSPS) is 11.6. The van der Waals surface area contributed by atoms with Crippen LogP contribution in [0.4, 0.5) is 4.39 Å². The van der Waals surface area contributed by atoms with Gasteiger partial charge < -0.3 is 4.40 Å². The summed E-state index contributed by atoms with van der Waals surface area (Å²) in [6.45, 7) is 4.71. The molecule has 0 atom stereocenters. The smallest absolute Gasteiger partial charge is 0.173 e. The number of rotatable bonds is 5. The number of imidazole rings is 1. The number of aryl methyl sites for hydroxylation is 4. The summed E-state index contributed by atoms with van der Waals surface area (Å²) >= 11 is 0. The number of unbranched alkanes of at least 4 members (excludes halogenated alkanes) is 1. The van der Waals surface area contributed by atoms with Gasteiger partial charge in [-0.25, -0.2) is 9.37 Å². The molecule has 0 bridgehead atoms. The van der Waals surface area contributed by atoms with Crippen molar-refractivity contribution in [2.75, 3.05) is 0 Å². The third kappa shape index (κ3) is 2.99. The quantitative estimate of drug-likeness (QED) is 0.520. The molecule has 0 aliphatic rings. The van der Waals surface area contributed by atoms with Gasteiger partial charge in [-0.2, -0.15) is 5.10 Å². The molecule has 6 heteroatoms. The number of fused-ring (bicyclic) bond motifs is 2. The Morgan fingerprint density at radius 2 is 2.00 bits per heavy atom. The summed E-state index contributed by atoms with van der Waals surface area (Å²) in [5.74, 6) is -0.252. The molecule has 0 fully saturated rings. The van der Waals surface area contributed by atoms with Crippen LogP contribution in [0.3, 0.4) is 0 Å². The molecule has 4 rings (SSSR count). The number of halogens is 1. The van der Waals surface area contributed by atoms with E-state index in [-0.39, 0.29) is 5.82 Å². The molecule has 0 radical (unpaired) electrons. The maximum Gasteiger partial charge on any atom is 0.173 e. The second kappa shape index (κ2) is 6.27. The molecular formula is C19H20FN5. The lowest BCUT2D eigenvalue weighted by atomic mass is 10.1. The highest BCUT2D eigenvalue weighted by molar-refractivity contribution is 5.72. The Kier molecular flexibility index (Phi) is 3.95. The van der Waals surface area contributed by atoms with E-state index in [9.17, 15) is 4.39 Å². The van der Waals surface area contributed by atoms with Crippen molar-refractivity contribution in [1.29, 1.82) is 0 Å². The summed E-state index contributed by atoms with van der Waals surface area (Å²) in [6.07, 6.45) is 8.54. The lowest BCUT2D eigenvalue weighted by Crippen LogP contribution is -2.00. The van der Waals surface area contributed by atoms with Gasteiger partial charge in [-0.15, -0.1) is 0 Å². The first-order valence-corrected chi connectivity index (χ1v) is 8.54. The molecule has 0 unspecified atom stereocenters. The van der Waals surface area contributed by atoms with Crippen LogP contribution < -0.4 is 0 Å². The zero-order valence-electron chi connectivity index (χ0n) is 14.4. The van der Waals surface area contributed by atoms with Crippen LogP contribution in [-0.2, 0) is 13.0 Å². The van der Waals surface area contributed by atoms with E-state index >= 15 is 0 Å². The first-order valence-electron chi connectivity index (χ1n) is 8.54. The second-order valence-electron chi connectivity index (χ2n) is 6.43. The molecule has 4 aromatic heterocycles. The molecule has 128 valence electrons. The summed E-state index contributed by atoms with van der Waals surface area (Å²) in [6, 6.07) is 5.46. The molecule has 0 aliphatic carbocycles. The zero-order chi connectivity index (χ0) is 17.4. The summed E-state index contributed by atoms with van der Waals surface area (Å²) < 4.78 is 18.0. The van der Waals surface area contributed by atoms with Gasteiger partial charge >= 0.3 is 0 Å². The third-order valence-electron chi connectivity index (χ3n) is 4.63. The molecule has 4 aromatic rings. The van der Waals surface area contributed by atoms with Crippen molar-refractivity contribution in [2.24, 2.45) is 0 Å². The molecular weight excluding hydrogens is 317 g/mol. The van der Waals surface area contributed by atoms with E-state index in [1.54, 1.807) is 12.3 Å². The summed E-state index contributed by atoms with van der Waals surface area (Å²) in [4.78, 5) is 8.57. The molecule has 0 N–H and O–H groups in total. The monoisotopic (exact) mass is 337 g/mol. The van der Waals surface area contributed by atoms with Crippen molar-refractivity contribution in [3.63, 3.8) is 0 Å². The average molecular weight is 337 g/mol. The van der Waals surface area contributed by atoms with Crippen molar-refractivity contribution >= 4 is 16.7 Å². The molecule has 0 saturated carbocycles.